The van der Waals surface area contributed by atoms with Crippen molar-refractivity contribution in [2.75, 3.05) is 0 Å². The summed E-state index contributed by atoms with van der Waals surface area (Å²) < 4.78 is 0. The molecule has 3 nitrogen and oxygen atoms in total. The Morgan fingerprint density at radius 1 is 1.06 bits per heavy atom. The van der Waals surface area contributed by atoms with Crippen molar-refractivity contribution in [3.8, 4) is 0 Å². The summed E-state index contributed by atoms with van der Waals surface area (Å²) in [4.78, 5) is 0. The molecule has 3 rings (SSSR count). The van der Waals surface area contributed by atoms with E-state index in [4.69, 9.17) is 0 Å². The van der Waals surface area contributed by atoms with Crippen molar-refractivity contribution in [1.82, 2.24) is 0 Å². The molecule has 0 aliphatic heterocycles. The van der Waals surface area contributed by atoms with Crippen LogP contribution in [0.2, 0.25) is 0 Å². The van der Waals surface area contributed by atoms with Gasteiger partial charge in [0, 0.05) is 0 Å². The highest BCUT2D eigenvalue weighted by molar-refractivity contribution is 5.33. The smallest absolute Gasteiger partial charge is 0.102 e. The van der Waals surface area contributed by atoms with Gasteiger partial charge in [0.25, 0.3) is 0 Å². The molecule has 3 heteroatoms. The second-order valence-corrected chi connectivity index (χ2v) is 11.6. The summed E-state index contributed by atoms with van der Waals surface area (Å²) in [6.45, 7) is 15.6. The van der Waals surface area contributed by atoms with Gasteiger partial charge in [-0.1, -0.05) is 58.9 Å². The average Bonchev–Trinajstić information content (AvgIpc) is 3.07. The second kappa shape index (κ2) is 9.53. The highest BCUT2D eigenvalue weighted by Gasteiger charge is 2.59. The molecule has 0 aromatic carbocycles. The van der Waals surface area contributed by atoms with Gasteiger partial charge in [0.05, 0.1) is 11.7 Å². The van der Waals surface area contributed by atoms with Gasteiger partial charge in [0.2, 0.25) is 0 Å². The molecule has 0 aromatic heterocycles. The molecular weight excluding hydrogens is 384 g/mol. The first-order valence-electron chi connectivity index (χ1n) is 12.6. The van der Waals surface area contributed by atoms with Gasteiger partial charge >= 0.3 is 0 Å². The van der Waals surface area contributed by atoms with Crippen LogP contribution >= 0.6 is 0 Å². The van der Waals surface area contributed by atoms with Gasteiger partial charge in [-0.25, -0.2) is 0 Å². The summed E-state index contributed by atoms with van der Waals surface area (Å²) in [7, 11) is 0. The molecule has 3 aliphatic carbocycles. The Bertz CT molecular complexity index is 707. The maximum atomic E-state index is 11.8. The molecule has 8 atom stereocenters. The van der Waals surface area contributed by atoms with Gasteiger partial charge in [0.1, 0.15) is 6.10 Å². The van der Waals surface area contributed by atoms with E-state index in [-0.39, 0.29) is 17.4 Å². The third-order valence-electron chi connectivity index (χ3n) is 9.27. The van der Waals surface area contributed by atoms with Gasteiger partial charge in [-0.3, -0.25) is 0 Å². The maximum absolute atomic E-state index is 11.8. The lowest BCUT2D eigenvalue weighted by molar-refractivity contribution is -0.155. The second-order valence-electron chi connectivity index (χ2n) is 11.6. The first-order chi connectivity index (χ1) is 14.5. The number of hydrogen-bond donors (Lipinski definition) is 3. The van der Waals surface area contributed by atoms with E-state index in [0.717, 1.165) is 49.7 Å². The van der Waals surface area contributed by atoms with Gasteiger partial charge in [-0.15, -0.1) is 0 Å². The van der Waals surface area contributed by atoms with E-state index in [2.05, 4.69) is 53.3 Å². The van der Waals surface area contributed by atoms with E-state index in [0.29, 0.717) is 36.5 Å². The van der Waals surface area contributed by atoms with Crippen LogP contribution < -0.4 is 0 Å². The fraction of sp³-hybridized carbons (Fsp3) is 0.786. The van der Waals surface area contributed by atoms with Crippen LogP contribution in [0.3, 0.4) is 0 Å². The molecule has 0 amide bonds. The van der Waals surface area contributed by atoms with Crippen molar-refractivity contribution in [2.45, 2.75) is 104 Å². The zero-order valence-electron chi connectivity index (χ0n) is 20.5. The van der Waals surface area contributed by atoms with E-state index >= 15 is 0 Å². The van der Waals surface area contributed by atoms with Crippen LogP contribution in [0, 0.1) is 35.0 Å². The largest absolute Gasteiger partial charge is 0.393 e. The standard InChI is InChI=1S/C28H46O3/c1-18(2)19(3)8-9-21(5)24-12-13-25-27(24,6)14-7-15-28(25,31)26(30)17-22-16-23(29)11-10-20(22)4/h8-9,17-19,21,23-26,29-31H,4,7,10-16H2,1-3,5-6H3/b9-8+,22-17-/t19?,21-,23+,24-,25?,26?,27-,28?/m0/s1. The molecule has 0 saturated heterocycles. The zero-order valence-corrected chi connectivity index (χ0v) is 20.5. The minimum atomic E-state index is -1.09. The van der Waals surface area contributed by atoms with E-state index in [1.165, 1.54) is 0 Å². The molecule has 3 fully saturated rings. The quantitative estimate of drug-likeness (QED) is 0.466. The molecular formula is C28H46O3. The summed E-state index contributed by atoms with van der Waals surface area (Å²) in [5, 5.41) is 33.2. The SMILES string of the molecule is C=C1CC[C@@H](O)C/C1=C/C(O)C1(O)CCC[C@]2(C)C1CC[C@H]2[C@@H](C)/C=C/C(C)C(C)C. The van der Waals surface area contributed by atoms with Crippen LogP contribution in [0.1, 0.15) is 86.0 Å². The number of rotatable bonds is 6. The fourth-order valence-corrected chi connectivity index (χ4v) is 6.82. The molecule has 0 aromatic rings. The number of allylic oxidation sites excluding steroid dienone is 3. The molecule has 176 valence electrons. The van der Waals surface area contributed by atoms with Crippen molar-refractivity contribution < 1.29 is 15.3 Å². The highest BCUT2D eigenvalue weighted by atomic mass is 16.3. The molecule has 0 radical (unpaired) electrons. The number of aliphatic hydroxyl groups excluding tert-OH is 2. The normalized spacial score (nSPS) is 41.0. The van der Waals surface area contributed by atoms with Crippen molar-refractivity contribution in [1.29, 1.82) is 0 Å². The van der Waals surface area contributed by atoms with E-state index < -0.39 is 11.7 Å². The molecule has 0 spiro atoms. The molecule has 31 heavy (non-hydrogen) atoms. The first-order valence-corrected chi connectivity index (χ1v) is 12.6. The third-order valence-corrected chi connectivity index (χ3v) is 9.27. The third kappa shape index (κ3) is 4.89. The van der Waals surface area contributed by atoms with E-state index in [9.17, 15) is 15.3 Å². The van der Waals surface area contributed by atoms with Gasteiger partial charge in [-0.2, -0.15) is 0 Å². The maximum Gasteiger partial charge on any atom is 0.102 e. The van der Waals surface area contributed by atoms with Crippen molar-refractivity contribution in [2.24, 2.45) is 35.0 Å². The lowest BCUT2D eigenvalue weighted by atomic mass is 9.56. The van der Waals surface area contributed by atoms with Crippen molar-refractivity contribution in [3.05, 3.63) is 36.0 Å². The molecule has 0 heterocycles. The van der Waals surface area contributed by atoms with Crippen molar-refractivity contribution >= 4 is 0 Å². The van der Waals surface area contributed by atoms with Crippen LogP contribution in [0.25, 0.3) is 0 Å². The lowest BCUT2D eigenvalue weighted by Gasteiger charge is -2.52. The van der Waals surface area contributed by atoms with E-state index in [1.807, 2.05) is 6.08 Å². The summed E-state index contributed by atoms with van der Waals surface area (Å²) >= 11 is 0. The van der Waals surface area contributed by atoms with Crippen molar-refractivity contribution in [3.63, 3.8) is 0 Å². The molecule has 3 aliphatic rings. The molecule has 3 N–H and O–H groups in total. The minimum Gasteiger partial charge on any atom is -0.393 e. The monoisotopic (exact) mass is 430 g/mol. The Balaban J connectivity index is 1.80. The predicted molar refractivity (Wildman–Crippen MR) is 129 cm³/mol. The fourth-order valence-electron chi connectivity index (χ4n) is 6.82. The molecule has 0 bridgehead atoms. The first kappa shape index (κ1) is 24.7. The van der Waals surface area contributed by atoms with Crippen LogP contribution in [-0.4, -0.2) is 33.1 Å². The van der Waals surface area contributed by atoms with Gasteiger partial charge in [0.15, 0.2) is 0 Å². The lowest BCUT2D eigenvalue weighted by Crippen LogP contribution is -2.56. The van der Waals surface area contributed by atoms with Crippen LogP contribution in [0.5, 0.6) is 0 Å². The Labute approximate surface area is 190 Å². The number of aliphatic hydroxyl groups is 3. The summed E-state index contributed by atoms with van der Waals surface area (Å²) in [6, 6.07) is 0. The van der Waals surface area contributed by atoms with Crippen LogP contribution in [0.4, 0.5) is 0 Å². The Morgan fingerprint density at radius 2 is 1.77 bits per heavy atom. The van der Waals surface area contributed by atoms with Crippen LogP contribution in [-0.2, 0) is 0 Å². The number of hydrogen-bond acceptors (Lipinski definition) is 3. The minimum absolute atomic E-state index is 0.0421. The summed E-state index contributed by atoms with van der Waals surface area (Å²) in [5.74, 6) is 2.33. The summed E-state index contributed by atoms with van der Waals surface area (Å²) in [5.41, 5.74) is 0.876. The van der Waals surface area contributed by atoms with Gasteiger partial charge < -0.3 is 15.3 Å². The highest BCUT2D eigenvalue weighted by Crippen LogP contribution is 2.61. The molecule has 3 saturated carbocycles. The van der Waals surface area contributed by atoms with Crippen LogP contribution in [0.15, 0.2) is 36.0 Å². The summed E-state index contributed by atoms with van der Waals surface area (Å²) in [6.07, 6.45) is 12.2. The topological polar surface area (TPSA) is 60.7 Å². The number of fused-ring (bicyclic) bond motifs is 1. The predicted octanol–water partition coefficient (Wildman–Crippen LogP) is 5.81. The molecule has 4 unspecified atom stereocenters. The Hall–Kier alpha value is -0.900. The Morgan fingerprint density at radius 3 is 2.45 bits per heavy atom. The average molecular weight is 431 g/mol. The Kier molecular flexibility index (Phi) is 7.61. The van der Waals surface area contributed by atoms with Gasteiger partial charge in [-0.05, 0) is 98.0 Å². The van der Waals surface area contributed by atoms with E-state index in [1.54, 1.807) is 0 Å². The zero-order chi connectivity index (χ0) is 23.0.